The molecule has 0 saturated carbocycles. The summed E-state index contributed by atoms with van der Waals surface area (Å²) in [7, 11) is 0.530. The highest BCUT2D eigenvalue weighted by molar-refractivity contribution is 8.04. The molecule has 0 aromatic heterocycles. The Morgan fingerprint density at radius 1 is 1.62 bits per heavy atom. The van der Waals surface area contributed by atoms with Gasteiger partial charge in [-0.15, -0.1) is 11.8 Å². The fraction of sp³-hybridized carbons (Fsp3) is 0.167. The van der Waals surface area contributed by atoms with Crippen LogP contribution in [0.1, 0.15) is 0 Å². The molecule has 0 aromatic rings. The molecule has 0 spiro atoms. The van der Waals surface area contributed by atoms with E-state index < -0.39 is 0 Å². The van der Waals surface area contributed by atoms with Crippen LogP contribution in [-0.2, 0) is 0 Å². The van der Waals surface area contributed by atoms with E-state index in [0.717, 1.165) is 0 Å². The summed E-state index contributed by atoms with van der Waals surface area (Å²) in [5.41, 5.74) is 2.31. The summed E-state index contributed by atoms with van der Waals surface area (Å²) in [6, 6.07) is 0. The second-order valence-corrected chi connectivity index (χ2v) is 4.26. The van der Waals surface area contributed by atoms with Crippen molar-refractivity contribution < 1.29 is 0 Å². The van der Waals surface area contributed by atoms with Crippen LogP contribution in [0.5, 0.6) is 0 Å². The van der Waals surface area contributed by atoms with E-state index in [0.29, 0.717) is 9.13 Å². The van der Waals surface area contributed by atoms with Gasteiger partial charge >= 0.3 is 0 Å². The van der Waals surface area contributed by atoms with Gasteiger partial charge in [-0.05, 0) is 5.20 Å². The second-order valence-electron chi connectivity index (χ2n) is 1.86. The lowest BCUT2D eigenvalue weighted by Crippen LogP contribution is -1.76. The van der Waals surface area contributed by atoms with Crippen molar-refractivity contribution in [1.29, 1.82) is 0 Å². The van der Waals surface area contributed by atoms with Gasteiger partial charge in [0.25, 0.3) is 0 Å². The first-order valence-corrected chi connectivity index (χ1v) is 4.91. The van der Waals surface area contributed by atoms with Gasteiger partial charge in [0.1, 0.15) is 0 Å². The molecule has 0 amide bonds. The number of thioether (sulfide) groups is 1. The summed E-state index contributed by atoms with van der Waals surface area (Å²) >= 11 is 1.97. The number of rotatable bonds is 0. The third-order valence-electron chi connectivity index (χ3n) is 1.35. The summed E-state index contributed by atoms with van der Waals surface area (Å²) in [5, 5.41) is 1.63. The Bertz CT molecular complexity index is 201. The van der Waals surface area contributed by atoms with Gasteiger partial charge in [-0.2, -0.15) is 0 Å². The maximum atomic E-state index is 2.36. The second kappa shape index (κ2) is 1.71. The van der Waals surface area contributed by atoms with Crippen LogP contribution in [0.15, 0.2) is 22.3 Å². The molecule has 0 nitrogen and oxygen atoms in total. The standard InChI is InChI=1S/C6H6SSi/c1-3-7-5-2-4-8-6(1)5/h1-2,4,8H,3H2. The minimum absolute atomic E-state index is 0.530. The molecular formula is C6H6SSi. The van der Waals surface area contributed by atoms with Crippen LogP contribution in [-0.4, -0.2) is 20.6 Å². The smallest absolute Gasteiger partial charge is 0.0304 e. The molecule has 0 radical (unpaired) electrons. The molecular weight excluding hydrogens is 132 g/mol. The Hall–Kier alpha value is -0.0831. The van der Waals surface area contributed by atoms with Gasteiger partial charge < -0.3 is 0 Å². The first-order valence-electron chi connectivity index (χ1n) is 2.68. The number of hydrogen-bond donors (Lipinski definition) is 0. The molecule has 0 aromatic carbocycles. The Labute approximate surface area is 55.1 Å². The largest absolute Gasteiger partial charge is 0.122 e. The average molecular weight is 138 g/mol. The first-order chi connectivity index (χ1) is 3.97. The van der Waals surface area contributed by atoms with Crippen LogP contribution in [0, 0.1) is 0 Å². The van der Waals surface area contributed by atoms with Crippen LogP contribution in [0.4, 0.5) is 0 Å². The van der Waals surface area contributed by atoms with Gasteiger partial charge in [-0.25, -0.2) is 0 Å². The van der Waals surface area contributed by atoms with Crippen molar-refractivity contribution in [2.45, 2.75) is 0 Å². The quantitative estimate of drug-likeness (QED) is 0.445. The van der Waals surface area contributed by atoms with Crippen molar-refractivity contribution in [1.82, 2.24) is 0 Å². The highest BCUT2D eigenvalue weighted by atomic mass is 32.2. The summed E-state index contributed by atoms with van der Waals surface area (Å²) < 4.78 is 0. The van der Waals surface area contributed by atoms with Gasteiger partial charge in [0.15, 0.2) is 0 Å². The van der Waals surface area contributed by atoms with E-state index >= 15 is 0 Å². The van der Waals surface area contributed by atoms with Gasteiger partial charge in [-0.3, -0.25) is 0 Å². The molecule has 0 atom stereocenters. The van der Waals surface area contributed by atoms with E-state index in [2.05, 4.69) is 17.8 Å². The first kappa shape index (κ1) is 4.76. The lowest BCUT2D eigenvalue weighted by atomic mass is 10.5. The fourth-order valence-corrected chi connectivity index (χ4v) is 3.58. The van der Waals surface area contributed by atoms with Crippen molar-refractivity contribution in [2.24, 2.45) is 0 Å². The molecule has 8 heavy (non-hydrogen) atoms. The minimum Gasteiger partial charge on any atom is -0.122 e. The van der Waals surface area contributed by atoms with Crippen molar-refractivity contribution in [2.75, 3.05) is 5.75 Å². The molecule has 0 saturated heterocycles. The maximum absolute atomic E-state index is 2.36. The summed E-state index contributed by atoms with van der Waals surface area (Å²) in [6.07, 6.45) is 4.62. The Morgan fingerprint density at radius 3 is 3.50 bits per heavy atom. The van der Waals surface area contributed by atoms with E-state index in [1.807, 2.05) is 11.8 Å². The number of hydrogen-bond acceptors (Lipinski definition) is 1. The van der Waals surface area contributed by atoms with Gasteiger partial charge in [0.05, 0.1) is 0 Å². The van der Waals surface area contributed by atoms with Gasteiger partial charge in [-0.1, -0.05) is 17.8 Å². The van der Waals surface area contributed by atoms with E-state index in [4.69, 9.17) is 0 Å². The van der Waals surface area contributed by atoms with Crippen LogP contribution in [0.3, 0.4) is 0 Å². The van der Waals surface area contributed by atoms with Gasteiger partial charge in [0.2, 0.25) is 0 Å². The van der Waals surface area contributed by atoms with E-state index in [9.17, 15) is 0 Å². The normalized spacial score (nSPS) is 23.0. The Balaban J connectivity index is 2.49. The van der Waals surface area contributed by atoms with E-state index in [1.165, 1.54) is 5.75 Å². The van der Waals surface area contributed by atoms with Crippen molar-refractivity contribution in [3.63, 3.8) is 0 Å². The molecule has 0 N–H and O–H groups in total. The SMILES string of the molecule is C1=[SiH]C2=CCSC2=C1. The highest BCUT2D eigenvalue weighted by Gasteiger charge is 2.10. The molecule has 2 aliphatic rings. The van der Waals surface area contributed by atoms with Crippen LogP contribution in [0.25, 0.3) is 0 Å². The zero-order valence-electron chi connectivity index (χ0n) is 4.42. The Kier molecular flexibility index (Phi) is 1.02. The third-order valence-corrected chi connectivity index (χ3v) is 3.87. The third kappa shape index (κ3) is 0.565. The summed E-state index contributed by atoms with van der Waals surface area (Å²) in [5.74, 6) is 1.22. The Morgan fingerprint density at radius 2 is 2.62 bits per heavy atom. The maximum Gasteiger partial charge on any atom is 0.0304 e. The summed E-state index contributed by atoms with van der Waals surface area (Å²) in [6.45, 7) is 0. The summed E-state index contributed by atoms with van der Waals surface area (Å²) in [4.78, 5) is 1.54. The lowest BCUT2D eigenvalue weighted by Gasteiger charge is -1.87. The van der Waals surface area contributed by atoms with Crippen molar-refractivity contribution in [3.05, 3.63) is 22.3 Å². The molecule has 2 heterocycles. The molecule has 2 rings (SSSR count). The van der Waals surface area contributed by atoms with E-state index in [1.54, 1.807) is 10.1 Å². The lowest BCUT2D eigenvalue weighted by molar-refractivity contribution is 1.79. The predicted octanol–water partition coefficient (Wildman–Crippen LogP) is 0.753. The van der Waals surface area contributed by atoms with Crippen LogP contribution >= 0.6 is 11.8 Å². The molecule has 2 aliphatic heterocycles. The zero-order chi connectivity index (χ0) is 5.40. The monoisotopic (exact) mass is 138 g/mol. The molecule has 0 unspecified atom stereocenters. The van der Waals surface area contributed by atoms with Crippen molar-refractivity contribution >= 4 is 26.6 Å². The number of allylic oxidation sites excluding steroid dienone is 2. The molecule has 2 heteroatoms. The molecule has 40 valence electrons. The fourth-order valence-electron chi connectivity index (χ4n) is 0.939. The average Bonchev–Trinajstić information content (AvgIpc) is 2.15. The van der Waals surface area contributed by atoms with Gasteiger partial charge in [0, 0.05) is 19.8 Å². The molecule has 0 bridgehead atoms. The minimum atomic E-state index is 0.530. The van der Waals surface area contributed by atoms with Crippen LogP contribution in [0.2, 0.25) is 0 Å². The number of fused-ring (bicyclic) bond motifs is 1. The predicted molar refractivity (Wildman–Crippen MR) is 41.8 cm³/mol. The highest BCUT2D eigenvalue weighted by Crippen LogP contribution is 2.30. The van der Waals surface area contributed by atoms with Crippen LogP contribution < -0.4 is 0 Å². The zero-order valence-corrected chi connectivity index (χ0v) is 6.40. The molecule has 0 fully saturated rings. The molecule has 0 aliphatic carbocycles. The topological polar surface area (TPSA) is 0 Å². The van der Waals surface area contributed by atoms with Crippen molar-refractivity contribution in [3.8, 4) is 0 Å². The van der Waals surface area contributed by atoms with E-state index in [-0.39, 0.29) is 0 Å².